The lowest BCUT2D eigenvalue weighted by Crippen LogP contribution is -2.00. The number of aromatic nitrogens is 2. The van der Waals surface area contributed by atoms with Crippen LogP contribution in [0.25, 0.3) is 11.1 Å². The van der Waals surface area contributed by atoms with Crippen molar-refractivity contribution in [1.82, 2.24) is 9.78 Å². The van der Waals surface area contributed by atoms with Crippen LogP contribution in [0.4, 0.5) is 5.82 Å². The molecule has 0 saturated heterocycles. The number of anilines is 1. The molecule has 2 rings (SSSR count). The molecule has 0 atom stereocenters. The van der Waals surface area contributed by atoms with Gasteiger partial charge in [0.2, 0.25) is 0 Å². The summed E-state index contributed by atoms with van der Waals surface area (Å²) in [6.07, 6.45) is 1.55. The van der Waals surface area contributed by atoms with Crippen molar-refractivity contribution in [2.24, 2.45) is 7.05 Å². The zero-order valence-corrected chi connectivity index (χ0v) is 11.5. The molecule has 6 nitrogen and oxygen atoms in total. The third-order valence-corrected chi connectivity index (χ3v) is 3.22. The summed E-state index contributed by atoms with van der Waals surface area (Å²) in [7, 11) is 4.67. The monoisotopic (exact) mass is 283 g/mol. The van der Waals surface area contributed by atoms with Crippen molar-refractivity contribution in [3.63, 3.8) is 0 Å². The van der Waals surface area contributed by atoms with Crippen LogP contribution in [0.5, 0.6) is 17.2 Å². The van der Waals surface area contributed by atoms with Gasteiger partial charge in [-0.25, -0.2) is 0 Å². The van der Waals surface area contributed by atoms with Crippen LogP contribution in [0, 0.1) is 0 Å². The number of phenols is 1. The van der Waals surface area contributed by atoms with E-state index in [-0.39, 0.29) is 10.8 Å². The molecule has 19 heavy (non-hydrogen) atoms. The number of aromatic hydroxyl groups is 1. The fourth-order valence-corrected chi connectivity index (χ4v) is 2.08. The summed E-state index contributed by atoms with van der Waals surface area (Å²) in [6, 6.07) is 1.39. The minimum absolute atomic E-state index is 0.113. The summed E-state index contributed by atoms with van der Waals surface area (Å²) < 4.78 is 12.0. The van der Waals surface area contributed by atoms with Gasteiger partial charge in [-0.1, -0.05) is 11.6 Å². The van der Waals surface area contributed by atoms with E-state index in [0.717, 1.165) is 0 Å². The highest BCUT2D eigenvalue weighted by molar-refractivity contribution is 6.35. The Balaban J connectivity index is 2.81. The maximum atomic E-state index is 9.86. The molecule has 7 heteroatoms. The number of nitrogens with zero attached hydrogens (tertiary/aromatic N) is 2. The minimum Gasteiger partial charge on any atom is -0.506 e. The highest BCUT2D eigenvalue weighted by atomic mass is 35.5. The SMILES string of the molecule is COc1cc(O)c(Cl)c(-c2cnn(C)c2N)c1OC. The van der Waals surface area contributed by atoms with Crippen LogP contribution in [0.2, 0.25) is 5.02 Å². The molecule has 0 aliphatic heterocycles. The van der Waals surface area contributed by atoms with Crippen molar-refractivity contribution < 1.29 is 14.6 Å². The first kappa shape index (κ1) is 13.4. The van der Waals surface area contributed by atoms with Crippen molar-refractivity contribution in [2.45, 2.75) is 0 Å². The van der Waals surface area contributed by atoms with Gasteiger partial charge < -0.3 is 20.3 Å². The van der Waals surface area contributed by atoms with Crippen LogP contribution >= 0.6 is 11.6 Å². The summed E-state index contributed by atoms with van der Waals surface area (Å²) in [5.74, 6) is 1.05. The lowest BCUT2D eigenvalue weighted by atomic mass is 10.1. The number of methoxy groups -OCH3 is 2. The van der Waals surface area contributed by atoms with Crippen LogP contribution in [0.3, 0.4) is 0 Å². The van der Waals surface area contributed by atoms with E-state index in [4.69, 9.17) is 26.8 Å². The van der Waals surface area contributed by atoms with Gasteiger partial charge in [-0.2, -0.15) is 5.10 Å². The highest BCUT2D eigenvalue weighted by Gasteiger charge is 2.23. The second-order valence-corrected chi connectivity index (χ2v) is 4.27. The maximum absolute atomic E-state index is 9.86. The number of hydrogen-bond acceptors (Lipinski definition) is 5. The number of nitrogens with two attached hydrogens (primary N) is 1. The third kappa shape index (κ3) is 2.04. The molecule has 0 aliphatic rings. The number of phenolic OH excluding ortho intramolecular Hbond substituents is 1. The normalized spacial score (nSPS) is 10.5. The molecule has 0 radical (unpaired) electrons. The van der Waals surface area contributed by atoms with Crippen LogP contribution in [-0.2, 0) is 7.05 Å². The maximum Gasteiger partial charge on any atom is 0.170 e. The molecular formula is C12H14ClN3O3. The molecule has 1 aromatic heterocycles. The van der Waals surface area contributed by atoms with Gasteiger partial charge in [-0.3, -0.25) is 4.68 Å². The van der Waals surface area contributed by atoms with Gasteiger partial charge in [-0.05, 0) is 0 Å². The summed E-state index contributed by atoms with van der Waals surface area (Å²) in [6.45, 7) is 0. The average molecular weight is 284 g/mol. The van der Waals surface area contributed by atoms with Crippen molar-refractivity contribution in [3.8, 4) is 28.4 Å². The number of aryl methyl sites for hydroxylation is 1. The third-order valence-electron chi connectivity index (χ3n) is 2.84. The van der Waals surface area contributed by atoms with Gasteiger partial charge in [-0.15, -0.1) is 0 Å². The number of hydrogen-bond donors (Lipinski definition) is 2. The van der Waals surface area contributed by atoms with E-state index >= 15 is 0 Å². The molecule has 0 unspecified atom stereocenters. The lowest BCUT2D eigenvalue weighted by molar-refractivity contribution is 0.353. The Morgan fingerprint density at radius 3 is 2.53 bits per heavy atom. The summed E-state index contributed by atoms with van der Waals surface area (Å²) in [4.78, 5) is 0. The Morgan fingerprint density at radius 2 is 2.05 bits per heavy atom. The quantitative estimate of drug-likeness (QED) is 0.901. The van der Waals surface area contributed by atoms with Gasteiger partial charge in [0, 0.05) is 18.7 Å². The number of benzene rings is 1. The topological polar surface area (TPSA) is 82.5 Å². The zero-order chi connectivity index (χ0) is 14.2. The van der Waals surface area contributed by atoms with Gasteiger partial charge in [0.1, 0.15) is 11.6 Å². The first-order chi connectivity index (χ1) is 9.01. The van der Waals surface area contributed by atoms with Crippen molar-refractivity contribution in [3.05, 3.63) is 17.3 Å². The predicted octanol–water partition coefficient (Wildman–Crippen LogP) is 2.05. The Bertz CT molecular complexity index is 625. The molecular weight excluding hydrogens is 270 g/mol. The first-order valence-electron chi connectivity index (χ1n) is 5.42. The summed E-state index contributed by atoms with van der Waals surface area (Å²) >= 11 is 6.14. The fourth-order valence-electron chi connectivity index (χ4n) is 1.84. The van der Waals surface area contributed by atoms with Gasteiger partial charge in [0.05, 0.1) is 31.0 Å². The van der Waals surface area contributed by atoms with Gasteiger partial charge in [0.25, 0.3) is 0 Å². The molecule has 0 fully saturated rings. The van der Waals surface area contributed by atoms with Gasteiger partial charge in [0.15, 0.2) is 11.5 Å². The van der Waals surface area contributed by atoms with Crippen LogP contribution in [0.1, 0.15) is 0 Å². The Hall–Kier alpha value is -2.08. The van der Waals surface area contributed by atoms with Crippen molar-refractivity contribution >= 4 is 17.4 Å². The van der Waals surface area contributed by atoms with E-state index in [2.05, 4.69) is 5.10 Å². The molecule has 0 aliphatic carbocycles. The fraction of sp³-hybridized carbons (Fsp3) is 0.250. The summed E-state index contributed by atoms with van der Waals surface area (Å²) in [5.41, 5.74) is 6.95. The largest absolute Gasteiger partial charge is 0.506 e. The van der Waals surface area contributed by atoms with Crippen molar-refractivity contribution in [1.29, 1.82) is 0 Å². The molecule has 2 aromatic rings. The number of ether oxygens (including phenoxy) is 2. The van der Waals surface area contributed by atoms with E-state index < -0.39 is 0 Å². The molecule has 0 saturated carbocycles. The van der Waals surface area contributed by atoms with Crippen LogP contribution < -0.4 is 15.2 Å². The number of rotatable bonds is 3. The molecule has 102 valence electrons. The smallest absolute Gasteiger partial charge is 0.170 e. The molecule has 1 aromatic carbocycles. The Labute approximate surface area is 115 Å². The first-order valence-corrected chi connectivity index (χ1v) is 5.80. The number of halogens is 1. The minimum atomic E-state index is -0.113. The molecule has 1 heterocycles. The number of nitrogen functional groups attached to an aromatic ring is 1. The second kappa shape index (κ2) is 4.89. The van der Waals surface area contributed by atoms with E-state index in [1.54, 1.807) is 13.2 Å². The second-order valence-electron chi connectivity index (χ2n) is 3.89. The lowest BCUT2D eigenvalue weighted by Gasteiger charge is -2.15. The molecule has 0 amide bonds. The van der Waals surface area contributed by atoms with E-state index in [1.807, 2.05) is 0 Å². The Kier molecular flexibility index (Phi) is 3.44. The average Bonchev–Trinajstić information content (AvgIpc) is 2.72. The van der Waals surface area contributed by atoms with Crippen LogP contribution in [-0.4, -0.2) is 29.1 Å². The predicted molar refractivity (Wildman–Crippen MR) is 72.8 cm³/mol. The van der Waals surface area contributed by atoms with Crippen molar-refractivity contribution in [2.75, 3.05) is 20.0 Å². The summed E-state index contributed by atoms with van der Waals surface area (Å²) in [5, 5.41) is 14.0. The molecule has 0 spiro atoms. The highest BCUT2D eigenvalue weighted by Crippen LogP contribution is 2.48. The van der Waals surface area contributed by atoms with Crippen LogP contribution in [0.15, 0.2) is 12.3 Å². The zero-order valence-electron chi connectivity index (χ0n) is 10.8. The Morgan fingerprint density at radius 1 is 1.37 bits per heavy atom. The van der Waals surface area contributed by atoms with Gasteiger partial charge >= 0.3 is 0 Å². The van der Waals surface area contributed by atoms with E-state index in [1.165, 1.54) is 25.0 Å². The standard InChI is InChI=1S/C12H14ClN3O3/c1-16-12(14)6(5-15-16)9-10(13)7(17)4-8(18-2)11(9)19-3/h4-5,17H,14H2,1-3H3. The molecule has 0 bridgehead atoms. The molecule has 3 N–H and O–H groups in total. The van der Waals surface area contributed by atoms with E-state index in [9.17, 15) is 5.11 Å². The van der Waals surface area contributed by atoms with E-state index in [0.29, 0.717) is 28.4 Å².